The van der Waals surface area contributed by atoms with Crippen molar-refractivity contribution in [3.8, 4) is 0 Å². The van der Waals surface area contributed by atoms with Crippen molar-refractivity contribution in [3.05, 3.63) is 66.8 Å². The van der Waals surface area contributed by atoms with E-state index >= 15 is 0 Å². The fraction of sp³-hybridized carbons (Fsp3) is 0.500. The van der Waals surface area contributed by atoms with Crippen molar-refractivity contribution >= 4 is 5.97 Å². The van der Waals surface area contributed by atoms with Crippen molar-refractivity contribution in [2.45, 2.75) is 88.7 Å². The van der Waals surface area contributed by atoms with Gasteiger partial charge < -0.3 is 4.74 Å². The molecule has 152 valence electrons. The number of esters is 1. The Morgan fingerprint density at radius 2 is 0.750 bits per heavy atom. The zero-order valence-corrected chi connectivity index (χ0v) is 19.8. The third-order valence-corrected chi connectivity index (χ3v) is 7.30. The molecule has 0 aliphatic carbocycles. The van der Waals surface area contributed by atoms with Crippen molar-refractivity contribution in [1.82, 2.24) is 0 Å². The van der Waals surface area contributed by atoms with Crippen LogP contribution in [0.2, 0.25) is 0 Å². The predicted octanol–water partition coefficient (Wildman–Crippen LogP) is 6.60. The molecule has 0 unspecified atom stereocenters. The maximum Gasteiger partial charge on any atom is 0.303 e. The Hall–Kier alpha value is -2.09. The molecule has 0 bridgehead atoms. The molecule has 0 radical (unpaired) electrons. The van der Waals surface area contributed by atoms with Gasteiger partial charge in [0, 0.05) is 18.1 Å². The van der Waals surface area contributed by atoms with Gasteiger partial charge in [-0.25, -0.2) is 0 Å². The Balaban J connectivity index is 3.09. The Labute approximate surface area is 171 Å². The lowest BCUT2D eigenvalue weighted by atomic mass is 9.73. The number of carbonyl (C=O) groups excluding carboxylic acids is 1. The van der Waals surface area contributed by atoms with Crippen LogP contribution in [0.5, 0.6) is 0 Å². The normalized spacial score (nSPS) is 11.7. The van der Waals surface area contributed by atoms with E-state index in [0.717, 1.165) is 11.1 Å². The van der Waals surface area contributed by atoms with Gasteiger partial charge in [-0.3, -0.25) is 4.79 Å². The van der Waals surface area contributed by atoms with Gasteiger partial charge in [0.05, 0.1) is 0 Å². The molecule has 0 fully saturated rings. The maximum atomic E-state index is 12.3. The van der Waals surface area contributed by atoms with Gasteiger partial charge in [0.25, 0.3) is 0 Å². The second-order valence-corrected chi connectivity index (χ2v) is 8.63. The van der Waals surface area contributed by atoms with E-state index in [1.807, 2.05) is 0 Å². The molecule has 0 amide bonds. The molecule has 0 atom stereocenters. The Kier molecular flexibility index (Phi) is 5.86. The summed E-state index contributed by atoms with van der Waals surface area (Å²) in [6.07, 6.45) is 0. The Morgan fingerprint density at radius 1 is 0.536 bits per heavy atom. The molecule has 0 aliphatic rings. The molecule has 2 aromatic rings. The van der Waals surface area contributed by atoms with Crippen LogP contribution in [0, 0.1) is 69.2 Å². The van der Waals surface area contributed by atoms with E-state index in [9.17, 15) is 4.79 Å². The average Bonchev–Trinajstić information content (AvgIpc) is 2.61. The van der Waals surface area contributed by atoms with Crippen LogP contribution >= 0.6 is 0 Å². The summed E-state index contributed by atoms with van der Waals surface area (Å²) in [5.74, 6) is -0.258. The van der Waals surface area contributed by atoms with Crippen LogP contribution in [0.25, 0.3) is 0 Å². The van der Waals surface area contributed by atoms with Crippen molar-refractivity contribution in [1.29, 1.82) is 0 Å². The molecule has 0 aromatic heterocycles. The summed E-state index contributed by atoms with van der Waals surface area (Å²) in [4.78, 5) is 12.3. The van der Waals surface area contributed by atoms with Gasteiger partial charge in [0.1, 0.15) is 0 Å². The molecular formula is C26H36O2. The first-order valence-electron chi connectivity index (χ1n) is 10.1. The summed E-state index contributed by atoms with van der Waals surface area (Å²) in [5.41, 5.74) is 14.0. The molecule has 28 heavy (non-hydrogen) atoms. The van der Waals surface area contributed by atoms with Crippen LogP contribution in [0.15, 0.2) is 0 Å². The van der Waals surface area contributed by atoms with E-state index in [0.29, 0.717) is 0 Å². The summed E-state index contributed by atoms with van der Waals surface area (Å²) in [6.45, 7) is 25.2. The second-order valence-electron chi connectivity index (χ2n) is 8.63. The van der Waals surface area contributed by atoms with Gasteiger partial charge in [-0.15, -0.1) is 0 Å². The molecule has 0 aliphatic heterocycles. The lowest BCUT2D eigenvalue weighted by molar-refractivity contribution is -0.152. The van der Waals surface area contributed by atoms with Gasteiger partial charge in [-0.1, -0.05) is 0 Å². The number of benzene rings is 2. The molecule has 0 spiro atoms. The molecule has 2 heteroatoms. The largest absolute Gasteiger partial charge is 0.450 e. The lowest BCUT2D eigenvalue weighted by Crippen LogP contribution is -2.34. The summed E-state index contributed by atoms with van der Waals surface area (Å²) < 4.78 is 6.19. The first-order valence-corrected chi connectivity index (χ1v) is 10.1. The summed E-state index contributed by atoms with van der Waals surface area (Å²) in [5, 5.41) is 0. The molecule has 2 nitrogen and oxygen atoms in total. The van der Waals surface area contributed by atoms with Crippen LogP contribution in [0.4, 0.5) is 0 Å². The van der Waals surface area contributed by atoms with E-state index < -0.39 is 5.60 Å². The fourth-order valence-electron chi connectivity index (χ4n) is 4.95. The third-order valence-electron chi connectivity index (χ3n) is 7.30. The summed E-state index contributed by atoms with van der Waals surface area (Å²) in [6, 6.07) is 0. The first-order chi connectivity index (χ1) is 12.8. The van der Waals surface area contributed by atoms with Gasteiger partial charge in [0.2, 0.25) is 0 Å². The van der Waals surface area contributed by atoms with E-state index in [1.54, 1.807) is 0 Å². The van der Waals surface area contributed by atoms with Crippen LogP contribution in [-0.2, 0) is 15.1 Å². The van der Waals surface area contributed by atoms with E-state index in [-0.39, 0.29) is 5.97 Å². The van der Waals surface area contributed by atoms with E-state index in [2.05, 4.69) is 76.2 Å². The minimum Gasteiger partial charge on any atom is -0.450 e. The van der Waals surface area contributed by atoms with Crippen LogP contribution in [-0.4, -0.2) is 5.97 Å². The zero-order valence-electron chi connectivity index (χ0n) is 19.8. The van der Waals surface area contributed by atoms with Crippen molar-refractivity contribution in [2.24, 2.45) is 0 Å². The molecule has 2 aromatic carbocycles. The Morgan fingerprint density at radius 3 is 0.964 bits per heavy atom. The minimum atomic E-state index is -0.833. The van der Waals surface area contributed by atoms with Gasteiger partial charge >= 0.3 is 5.97 Å². The molecule has 0 N–H and O–H groups in total. The molecule has 0 heterocycles. The SMILES string of the molecule is CC(=O)OC(C)(c1c(C)c(C)c(C)c(C)c1C)c1c(C)c(C)c(C)c(C)c1C. The number of carbonyl (C=O) groups is 1. The number of hydrogen-bond acceptors (Lipinski definition) is 2. The van der Waals surface area contributed by atoms with Gasteiger partial charge in [-0.05, 0) is 132 Å². The lowest BCUT2D eigenvalue weighted by Gasteiger charge is -2.38. The number of ether oxygens (including phenoxy) is 1. The van der Waals surface area contributed by atoms with Crippen molar-refractivity contribution in [3.63, 3.8) is 0 Å². The van der Waals surface area contributed by atoms with Crippen LogP contribution in [0.1, 0.15) is 80.6 Å². The number of rotatable bonds is 3. The monoisotopic (exact) mass is 380 g/mol. The van der Waals surface area contributed by atoms with Gasteiger partial charge in [-0.2, -0.15) is 0 Å². The average molecular weight is 381 g/mol. The topological polar surface area (TPSA) is 26.3 Å². The molecule has 0 saturated heterocycles. The standard InChI is InChI=1S/C26H36O2/c1-13-15(3)19(7)24(20(8)16(13)4)26(12,28-23(11)27)25-21(9)17(5)14(2)18(6)22(25)10/h1-12H3. The molecule has 0 saturated carbocycles. The molecule has 2 rings (SSSR count). The highest BCUT2D eigenvalue weighted by Gasteiger charge is 2.40. The first kappa shape index (κ1) is 22.2. The quantitative estimate of drug-likeness (QED) is 0.561. The summed E-state index contributed by atoms with van der Waals surface area (Å²) in [7, 11) is 0. The van der Waals surface area contributed by atoms with Crippen LogP contribution < -0.4 is 0 Å². The van der Waals surface area contributed by atoms with Gasteiger partial charge in [0.15, 0.2) is 5.60 Å². The fourth-order valence-corrected chi connectivity index (χ4v) is 4.95. The highest BCUT2D eigenvalue weighted by molar-refractivity contribution is 5.69. The van der Waals surface area contributed by atoms with Crippen LogP contribution in [0.3, 0.4) is 0 Å². The molecular weight excluding hydrogens is 344 g/mol. The van der Waals surface area contributed by atoms with Crippen molar-refractivity contribution < 1.29 is 9.53 Å². The second kappa shape index (κ2) is 7.39. The highest BCUT2D eigenvalue weighted by Crippen LogP contribution is 2.44. The predicted molar refractivity (Wildman–Crippen MR) is 118 cm³/mol. The van der Waals surface area contributed by atoms with E-state index in [1.165, 1.54) is 62.6 Å². The smallest absolute Gasteiger partial charge is 0.303 e. The summed E-state index contributed by atoms with van der Waals surface area (Å²) >= 11 is 0. The number of hydrogen-bond donors (Lipinski definition) is 0. The Bertz CT molecular complexity index is 849. The van der Waals surface area contributed by atoms with E-state index in [4.69, 9.17) is 4.74 Å². The maximum absolute atomic E-state index is 12.3. The van der Waals surface area contributed by atoms with Crippen molar-refractivity contribution in [2.75, 3.05) is 0 Å². The highest BCUT2D eigenvalue weighted by atomic mass is 16.6. The zero-order chi connectivity index (χ0) is 21.7. The third kappa shape index (κ3) is 3.17. The minimum absolute atomic E-state index is 0.258.